The highest BCUT2D eigenvalue weighted by atomic mass is 16.2. The topological polar surface area (TPSA) is 221 Å². The molecule has 1 aromatic carbocycles. The minimum absolute atomic E-state index is 0.0321. The first-order chi connectivity index (χ1) is 27.5. The van der Waals surface area contributed by atoms with Gasteiger partial charge in [-0.1, -0.05) is 0 Å². The molecule has 57 heavy (non-hydrogen) atoms. The van der Waals surface area contributed by atoms with Crippen LogP contribution in [-0.2, 0) is 21.4 Å². The van der Waals surface area contributed by atoms with Crippen LogP contribution in [0.2, 0.25) is 0 Å². The fraction of sp³-hybridized carbons (Fsp3) is 0.513. The minimum Gasteiger partial charge on any atom is -0.371 e. The summed E-state index contributed by atoms with van der Waals surface area (Å²) in [5, 5.41) is 12.8. The molecule has 7 heterocycles. The van der Waals surface area contributed by atoms with Crippen molar-refractivity contribution in [3.05, 3.63) is 53.6 Å². The highest BCUT2D eigenvalue weighted by Gasteiger charge is 2.45. The molecule has 4 saturated heterocycles. The third kappa shape index (κ3) is 8.03. The normalized spacial score (nSPS) is 22.4. The average molecular weight is 781 g/mol. The Kier molecular flexibility index (Phi) is 10.6. The second-order valence-corrected chi connectivity index (χ2v) is 15.8. The molecule has 5 aliphatic heterocycles. The van der Waals surface area contributed by atoms with Crippen LogP contribution in [0.1, 0.15) is 82.6 Å². The minimum atomic E-state index is -0.981. The average Bonchev–Trinajstić information content (AvgIpc) is 3.73. The van der Waals surface area contributed by atoms with Crippen LogP contribution in [0, 0.1) is 11.8 Å². The van der Waals surface area contributed by atoms with Gasteiger partial charge in [0.2, 0.25) is 17.7 Å². The SMILES string of the molecule is Cn1cc(Nc2nc(N3CCC[C@@H](NC(=O)C4CCN(CC5CCN(c6ccc7c(c6)C(=O)N([C@H]6CCC(=O)NC6=O)C7=O)CC5)CC4)C3)cnc2C(N)=O)cn1. The first-order valence-corrected chi connectivity index (χ1v) is 19.8. The van der Waals surface area contributed by atoms with Gasteiger partial charge in [0.15, 0.2) is 11.5 Å². The van der Waals surface area contributed by atoms with Crippen LogP contribution in [-0.4, -0.2) is 123 Å². The van der Waals surface area contributed by atoms with Crippen molar-refractivity contribution in [1.82, 2.24) is 40.2 Å². The molecule has 0 saturated carbocycles. The molecule has 2 atom stereocenters. The van der Waals surface area contributed by atoms with Crippen molar-refractivity contribution < 1.29 is 28.8 Å². The van der Waals surface area contributed by atoms with Gasteiger partial charge in [-0.2, -0.15) is 5.10 Å². The molecular weight excluding hydrogens is 733 g/mol. The van der Waals surface area contributed by atoms with Gasteiger partial charge in [0, 0.05) is 70.0 Å². The van der Waals surface area contributed by atoms with Crippen LogP contribution in [0.4, 0.5) is 23.0 Å². The monoisotopic (exact) mass is 780 g/mol. The number of hydrogen-bond acceptors (Lipinski definition) is 13. The summed E-state index contributed by atoms with van der Waals surface area (Å²) in [6, 6.07) is 4.29. The molecule has 2 aromatic heterocycles. The zero-order valence-electron chi connectivity index (χ0n) is 32.0. The third-order valence-corrected chi connectivity index (χ3v) is 11.9. The Balaban J connectivity index is 0.789. The summed E-state index contributed by atoms with van der Waals surface area (Å²) >= 11 is 0. The molecule has 18 nitrogen and oxygen atoms in total. The number of piperidine rings is 4. The molecule has 0 spiro atoms. The van der Waals surface area contributed by atoms with Crippen LogP contribution in [0.25, 0.3) is 0 Å². The Morgan fingerprint density at radius 1 is 0.912 bits per heavy atom. The highest BCUT2D eigenvalue weighted by molar-refractivity contribution is 6.23. The van der Waals surface area contributed by atoms with Gasteiger partial charge >= 0.3 is 0 Å². The van der Waals surface area contributed by atoms with Crippen LogP contribution in [0.3, 0.4) is 0 Å². The molecule has 0 bridgehead atoms. The third-order valence-electron chi connectivity index (χ3n) is 11.9. The number of anilines is 4. The van der Waals surface area contributed by atoms with E-state index in [9.17, 15) is 28.8 Å². The molecule has 0 aliphatic carbocycles. The predicted molar refractivity (Wildman–Crippen MR) is 208 cm³/mol. The zero-order valence-corrected chi connectivity index (χ0v) is 32.0. The number of carbonyl (C=O) groups excluding carboxylic acids is 6. The first-order valence-electron chi connectivity index (χ1n) is 19.8. The number of rotatable bonds is 10. The number of nitrogens with zero attached hydrogens (tertiary/aromatic N) is 8. The van der Waals surface area contributed by atoms with Crippen LogP contribution < -0.4 is 31.5 Å². The fourth-order valence-electron chi connectivity index (χ4n) is 8.82. The van der Waals surface area contributed by atoms with Gasteiger partial charge in [-0.3, -0.25) is 43.7 Å². The lowest BCUT2D eigenvalue weighted by Gasteiger charge is -2.39. The Morgan fingerprint density at radius 3 is 2.40 bits per heavy atom. The first kappa shape index (κ1) is 38.0. The standard InChI is InChI=1S/C39H48N12O6/c1-47-21-26(18-42-47)43-35-33(34(40)53)41-19-31(45-35)50-12-2-3-25(22-50)44-36(54)24-10-13-48(14-11-24)20-23-8-15-49(16-9-23)27-4-5-28-29(17-27)39(57)51(38(28)56)30-6-7-32(52)46-37(30)55/h4-5,17-19,21,23-25,30H,2-3,6-16,20,22H2,1H3,(H2,40,53)(H,43,45)(H,44,54)(H,46,52,55)/t25-,30+/m1/s1. The number of primary amides is 1. The van der Waals surface area contributed by atoms with Gasteiger partial charge in [0.25, 0.3) is 17.7 Å². The summed E-state index contributed by atoms with van der Waals surface area (Å²) in [5.41, 5.74) is 7.73. The van der Waals surface area contributed by atoms with Crippen molar-refractivity contribution in [2.45, 2.75) is 63.5 Å². The number of likely N-dealkylation sites (tertiary alicyclic amines) is 1. The molecule has 4 fully saturated rings. The number of carbonyl (C=O) groups is 6. The second kappa shape index (κ2) is 15.9. The van der Waals surface area contributed by atoms with Crippen molar-refractivity contribution >= 4 is 58.5 Å². The number of hydrogen-bond donors (Lipinski definition) is 4. The molecular formula is C39H48N12O6. The molecule has 300 valence electrons. The van der Waals surface area contributed by atoms with Crippen LogP contribution in [0.5, 0.6) is 0 Å². The van der Waals surface area contributed by atoms with Crippen molar-refractivity contribution in [3.8, 4) is 0 Å². The van der Waals surface area contributed by atoms with Crippen molar-refractivity contribution in [1.29, 1.82) is 0 Å². The quantitative estimate of drug-likeness (QED) is 0.213. The van der Waals surface area contributed by atoms with Gasteiger partial charge in [-0.15, -0.1) is 0 Å². The maximum Gasteiger partial charge on any atom is 0.271 e. The molecule has 0 unspecified atom stereocenters. The number of aromatic nitrogens is 4. The summed E-state index contributed by atoms with van der Waals surface area (Å²) in [6.45, 7) is 5.69. The summed E-state index contributed by atoms with van der Waals surface area (Å²) < 4.78 is 1.63. The van der Waals surface area contributed by atoms with E-state index in [1.165, 1.54) is 0 Å². The molecule has 8 rings (SSSR count). The van der Waals surface area contributed by atoms with E-state index in [1.807, 2.05) is 6.07 Å². The Labute approximate surface area is 329 Å². The molecule has 0 radical (unpaired) electrons. The lowest BCUT2D eigenvalue weighted by Crippen LogP contribution is -2.54. The predicted octanol–water partition coefficient (Wildman–Crippen LogP) is 1.17. The van der Waals surface area contributed by atoms with Gasteiger partial charge in [0.1, 0.15) is 11.9 Å². The summed E-state index contributed by atoms with van der Waals surface area (Å²) in [6.07, 6.45) is 10.5. The van der Waals surface area contributed by atoms with E-state index in [0.29, 0.717) is 29.5 Å². The summed E-state index contributed by atoms with van der Waals surface area (Å²) in [7, 11) is 1.79. The molecule has 3 aromatic rings. The number of nitrogens with two attached hydrogens (primary N) is 1. The lowest BCUT2D eigenvalue weighted by atomic mass is 9.91. The van der Waals surface area contributed by atoms with E-state index in [4.69, 9.17) is 5.73 Å². The number of imide groups is 2. The number of fused-ring (bicyclic) bond motifs is 1. The summed E-state index contributed by atoms with van der Waals surface area (Å²) in [5.74, 6) is -1.26. The van der Waals surface area contributed by atoms with E-state index in [1.54, 1.807) is 42.5 Å². The van der Waals surface area contributed by atoms with Gasteiger partial charge < -0.3 is 31.1 Å². The lowest BCUT2D eigenvalue weighted by molar-refractivity contribution is -0.136. The Bertz CT molecular complexity index is 2090. The maximum atomic E-state index is 13.5. The van der Waals surface area contributed by atoms with Crippen molar-refractivity contribution in [2.75, 3.05) is 60.9 Å². The number of amides is 6. The Hall–Kier alpha value is -5.91. The van der Waals surface area contributed by atoms with Crippen LogP contribution in [0.15, 0.2) is 36.8 Å². The molecule has 5 aliphatic rings. The molecule has 18 heteroatoms. The number of aryl methyl sites for hydroxylation is 1. The summed E-state index contributed by atoms with van der Waals surface area (Å²) in [4.78, 5) is 92.8. The Morgan fingerprint density at radius 2 is 1.68 bits per heavy atom. The van der Waals surface area contributed by atoms with Crippen molar-refractivity contribution in [2.24, 2.45) is 24.6 Å². The van der Waals surface area contributed by atoms with Crippen LogP contribution >= 0.6 is 0 Å². The largest absolute Gasteiger partial charge is 0.371 e. The van der Waals surface area contributed by atoms with Crippen molar-refractivity contribution in [3.63, 3.8) is 0 Å². The van der Waals surface area contributed by atoms with Gasteiger partial charge in [-0.25, -0.2) is 9.97 Å². The highest BCUT2D eigenvalue weighted by Crippen LogP contribution is 2.33. The second-order valence-electron chi connectivity index (χ2n) is 15.8. The maximum absolute atomic E-state index is 13.5. The number of benzene rings is 1. The van der Waals surface area contributed by atoms with E-state index in [-0.39, 0.29) is 47.8 Å². The smallest absolute Gasteiger partial charge is 0.271 e. The van der Waals surface area contributed by atoms with E-state index < -0.39 is 35.6 Å². The zero-order chi connectivity index (χ0) is 39.8. The molecule has 5 N–H and O–H groups in total. The number of nitrogens with one attached hydrogen (secondary N) is 3. The van der Waals surface area contributed by atoms with E-state index in [0.717, 1.165) is 88.4 Å². The van der Waals surface area contributed by atoms with E-state index >= 15 is 0 Å². The van der Waals surface area contributed by atoms with Gasteiger partial charge in [-0.05, 0) is 82.2 Å². The van der Waals surface area contributed by atoms with Gasteiger partial charge in [0.05, 0.1) is 29.2 Å². The fourth-order valence-corrected chi connectivity index (χ4v) is 8.82. The van der Waals surface area contributed by atoms with E-state index in [2.05, 4.69) is 45.7 Å². The molecule has 6 amide bonds.